The number of rotatable bonds is 4. The Labute approximate surface area is 150 Å². The van der Waals surface area contributed by atoms with E-state index in [1.807, 2.05) is 4.90 Å². The smallest absolute Gasteiger partial charge is 0.222 e. The van der Waals surface area contributed by atoms with Gasteiger partial charge in [0.05, 0.1) is 26.4 Å². The van der Waals surface area contributed by atoms with Crippen LogP contribution in [0.1, 0.15) is 44.2 Å². The van der Waals surface area contributed by atoms with E-state index in [9.17, 15) is 4.79 Å². The molecule has 2 aliphatic heterocycles. The minimum atomic E-state index is -0.304. The molecule has 0 aliphatic carbocycles. The monoisotopic (exact) mass is 347 g/mol. The van der Waals surface area contributed by atoms with Crippen molar-refractivity contribution in [2.45, 2.75) is 45.1 Å². The van der Waals surface area contributed by atoms with Crippen molar-refractivity contribution in [3.8, 4) is 11.5 Å². The van der Waals surface area contributed by atoms with Crippen LogP contribution in [0.3, 0.4) is 0 Å². The molecule has 0 aromatic heterocycles. The predicted octanol–water partition coefficient (Wildman–Crippen LogP) is 3.14. The zero-order valence-electron chi connectivity index (χ0n) is 15.8. The lowest BCUT2D eigenvalue weighted by molar-refractivity contribution is -0.141. The standard InChI is InChI=1S/C20H29NO4/c1-14(2)11-19(22)21-8-6-20(7-9-21)16-13-18(24-4)17(23-3)12-15(16)5-10-25-20/h12-14H,5-11H2,1-4H3. The Morgan fingerprint density at radius 1 is 1.20 bits per heavy atom. The highest BCUT2D eigenvalue weighted by Crippen LogP contribution is 2.45. The highest BCUT2D eigenvalue weighted by Gasteiger charge is 2.42. The van der Waals surface area contributed by atoms with Gasteiger partial charge in [-0.05, 0) is 48.4 Å². The second-order valence-corrected chi connectivity index (χ2v) is 7.44. The van der Waals surface area contributed by atoms with Gasteiger partial charge in [0.2, 0.25) is 5.91 Å². The third-order valence-electron chi connectivity index (χ3n) is 5.36. The van der Waals surface area contributed by atoms with E-state index in [0.717, 1.165) is 43.9 Å². The Hall–Kier alpha value is -1.75. The van der Waals surface area contributed by atoms with Crippen LogP contribution < -0.4 is 9.47 Å². The fourth-order valence-corrected chi connectivity index (χ4v) is 4.00. The predicted molar refractivity (Wildman–Crippen MR) is 96.1 cm³/mol. The molecule has 2 aliphatic rings. The number of fused-ring (bicyclic) bond motifs is 2. The zero-order chi connectivity index (χ0) is 18.0. The number of hydrogen-bond donors (Lipinski definition) is 0. The van der Waals surface area contributed by atoms with Crippen LogP contribution in [-0.2, 0) is 21.6 Å². The number of piperidine rings is 1. The highest BCUT2D eigenvalue weighted by molar-refractivity contribution is 5.76. The van der Waals surface area contributed by atoms with Crippen LogP contribution in [0.2, 0.25) is 0 Å². The number of likely N-dealkylation sites (tertiary alicyclic amines) is 1. The van der Waals surface area contributed by atoms with E-state index in [4.69, 9.17) is 14.2 Å². The third-order valence-corrected chi connectivity index (χ3v) is 5.36. The lowest BCUT2D eigenvalue weighted by Gasteiger charge is -2.45. The molecule has 5 heteroatoms. The van der Waals surface area contributed by atoms with Crippen molar-refractivity contribution in [1.82, 2.24) is 4.90 Å². The van der Waals surface area contributed by atoms with Crippen LogP contribution in [0, 0.1) is 5.92 Å². The SMILES string of the molecule is COc1cc2c(cc1OC)C1(CCN(C(=O)CC(C)C)CC1)OCC2. The Bertz CT molecular complexity index is 633. The van der Waals surface area contributed by atoms with Crippen molar-refractivity contribution in [2.75, 3.05) is 33.9 Å². The molecule has 138 valence electrons. The number of benzene rings is 1. The quantitative estimate of drug-likeness (QED) is 0.839. The number of hydrogen-bond acceptors (Lipinski definition) is 4. The van der Waals surface area contributed by atoms with Gasteiger partial charge in [0.1, 0.15) is 0 Å². The zero-order valence-corrected chi connectivity index (χ0v) is 15.8. The van der Waals surface area contributed by atoms with Crippen molar-refractivity contribution in [2.24, 2.45) is 5.92 Å². The van der Waals surface area contributed by atoms with Crippen LogP contribution in [0.5, 0.6) is 11.5 Å². The molecular formula is C20H29NO4. The lowest BCUT2D eigenvalue weighted by atomic mass is 9.79. The molecule has 25 heavy (non-hydrogen) atoms. The van der Waals surface area contributed by atoms with Gasteiger partial charge in [-0.2, -0.15) is 0 Å². The van der Waals surface area contributed by atoms with E-state index >= 15 is 0 Å². The molecule has 0 radical (unpaired) electrons. The summed E-state index contributed by atoms with van der Waals surface area (Å²) in [5.74, 6) is 2.16. The minimum absolute atomic E-state index is 0.258. The van der Waals surface area contributed by atoms with Gasteiger partial charge < -0.3 is 19.1 Å². The van der Waals surface area contributed by atoms with E-state index in [2.05, 4.69) is 26.0 Å². The normalized spacial score (nSPS) is 19.0. The summed E-state index contributed by atoms with van der Waals surface area (Å²) < 4.78 is 17.2. The molecule has 0 unspecified atom stereocenters. The molecule has 3 rings (SSSR count). The fourth-order valence-electron chi connectivity index (χ4n) is 4.00. The van der Waals surface area contributed by atoms with Gasteiger partial charge in [0, 0.05) is 19.5 Å². The molecule has 2 heterocycles. The first-order valence-electron chi connectivity index (χ1n) is 9.16. The van der Waals surface area contributed by atoms with Gasteiger partial charge in [-0.25, -0.2) is 0 Å². The number of carbonyl (C=O) groups is 1. The van der Waals surface area contributed by atoms with Crippen molar-refractivity contribution < 1.29 is 19.0 Å². The fraction of sp³-hybridized carbons (Fsp3) is 0.650. The Balaban J connectivity index is 1.82. The summed E-state index contributed by atoms with van der Waals surface area (Å²) in [5, 5.41) is 0. The summed E-state index contributed by atoms with van der Waals surface area (Å²) in [4.78, 5) is 14.3. The maximum atomic E-state index is 12.4. The number of ether oxygens (including phenoxy) is 3. The van der Waals surface area contributed by atoms with Crippen LogP contribution in [0.4, 0.5) is 0 Å². The lowest BCUT2D eigenvalue weighted by Crippen LogP contribution is -2.48. The van der Waals surface area contributed by atoms with Crippen LogP contribution in [0.25, 0.3) is 0 Å². The van der Waals surface area contributed by atoms with Crippen molar-refractivity contribution >= 4 is 5.91 Å². The van der Waals surface area contributed by atoms with Gasteiger partial charge in [-0.15, -0.1) is 0 Å². The number of amides is 1. The largest absolute Gasteiger partial charge is 0.493 e. The summed E-state index contributed by atoms with van der Waals surface area (Å²) in [7, 11) is 3.33. The first kappa shape index (κ1) is 18.1. The Morgan fingerprint density at radius 3 is 2.44 bits per heavy atom. The van der Waals surface area contributed by atoms with E-state index in [1.165, 1.54) is 11.1 Å². The molecule has 1 saturated heterocycles. The molecule has 1 aromatic carbocycles. The molecule has 0 saturated carbocycles. The average molecular weight is 347 g/mol. The Kier molecular flexibility index (Phi) is 5.23. The topological polar surface area (TPSA) is 48.0 Å². The van der Waals surface area contributed by atoms with Crippen molar-refractivity contribution in [3.05, 3.63) is 23.3 Å². The third kappa shape index (κ3) is 3.47. The summed E-state index contributed by atoms with van der Waals surface area (Å²) in [6.07, 6.45) is 3.17. The number of nitrogens with zero attached hydrogens (tertiary/aromatic N) is 1. The van der Waals surface area contributed by atoms with E-state index in [1.54, 1.807) is 14.2 Å². The van der Waals surface area contributed by atoms with Gasteiger partial charge in [-0.1, -0.05) is 13.8 Å². The summed E-state index contributed by atoms with van der Waals surface area (Å²) >= 11 is 0. The van der Waals surface area contributed by atoms with Gasteiger partial charge >= 0.3 is 0 Å². The van der Waals surface area contributed by atoms with Gasteiger partial charge in [-0.3, -0.25) is 4.79 Å². The first-order chi connectivity index (χ1) is 12.0. The number of carbonyl (C=O) groups excluding carboxylic acids is 1. The molecule has 1 amide bonds. The van der Waals surface area contributed by atoms with E-state index < -0.39 is 0 Å². The van der Waals surface area contributed by atoms with Crippen LogP contribution >= 0.6 is 0 Å². The second-order valence-electron chi connectivity index (χ2n) is 7.44. The van der Waals surface area contributed by atoms with Crippen molar-refractivity contribution in [1.29, 1.82) is 0 Å². The molecule has 0 bridgehead atoms. The number of methoxy groups -OCH3 is 2. The van der Waals surface area contributed by atoms with Crippen LogP contribution in [-0.4, -0.2) is 44.7 Å². The molecule has 1 spiro atoms. The minimum Gasteiger partial charge on any atom is -0.493 e. The van der Waals surface area contributed by atoms with Gasteiger partial charge in [0.15, 0.2) is 11.5 Å². The molecule has 1 aromatic rings. The Morgan fingerprint density at radius 2 is 1.84 bits per heavy atom. The highest BCUT2D eigenvalue weighted by atomic mass is 16.5. The maximum absolute atomic E-state index is 12.4. The molecule has 5 nitrogen and oxygen atoms in total. The summed E-state index contributed by atoms with van der Waals surface area (Å²) in [6.45, 7) is 6.38. The second kappa shape index (κ2) is 7.24. The maximum Gasteiger partial charge on any atom is 0.222 e. The molecular weight excluding hydrogens is 318 g/mol. The van der Waals surface area contributed by atoms with E-state index in [-0.39, 0.29) is 11.5 Å². The average Bonchev–Trinajstić information content (AvgIpc) is 2.61. The molecule has 0 atom stereocenters. The summed E-state index contributed by atoms with van der Waals surface area (Å²) in [6, 6.07) is 4.15. The van der Waals surface area contributed by atoms with Gasteiger partial charge in [0.25, 0.3) is 0 Å². The van der Waals surface area contributed by atoms with Crippen LogP contribution in [0.15, 0.2) is 12.1 Å². The summed E-state index contributed by atoms with van der Waals surface area (Å²) in [5.41, 5.74) is 2.17. The molecule has 1 fully saturated rings. The molecule has 0 N–H and O–H groups in total. The van der Waals surface area contributed by atoms with Crippen molar-refractivity contribution in [3.63, 3.8) is 0 Å². The van der Waals surface area contributed by atoms with E-state index in [0.29, 0.717) is 18.9 Å². The first-order valence-corrected chi connectivity index (χ1v) is 9.16.